The number of rotatable bonds is 3. The minimum absolute atomic E-state index is 0.00560. The van der Waals surface area contributed by atoms with E-state index in [1.807, 2.05) is 20.9 Å². The number of piperidine rings is 1. The summed E-state index contributed by atoms with van der Waals surface area (Å²) in [4.78, 5) is 22.9. The van der Waals surface area contributed by atoms with Crippen molar-refractivity contribution in [2.24, 2.45) is 0 Å². The number of piperazine rings is 1. The number of hydrogen-bond acceptors (Lipinski definition) is 5. The molecule has 0 bridgehead atoms. The number of carbonyl (C=O) groups is 1. The predicted octanol–water partition coefficient (Wildman–Crippen LogP) is 4.18. The number of likely N-dealkylation sites (N-methyl/N-ethyl adjacent to an activating group) is 1. The van der Waals surface area contributed by atoms with Crippen LogP contribution in [0.1, 0.15) is 49.3 Å². The van der Waals surface area contributed by atoms with Crippen LogP contribution in [0, 0.1) is 6.92 Å². The number of likely N-dealkylation sites (tertiary alicyclic amines) is 1. The lowest BCUT2D eigenvalue weighted by atomic mass is 9.80. The molecule has 4 rings (SSSR count). The van der Waals surface area contributed by atoms with Gasteiger partial charge in [0.25, 0.3) is 5.91 Å². The maximum absolute atomic E-state index is 13.6. The van der Waals surface area contributed by atoms with Crippen LogP contribution in [0.2, 0.25) is 0 Å². The molecule has 0 aromatic carbocycles. The first-order chi connectivity index (χ1) is 15.4. The third kappa shape index (κ3) is 4.30. The standard InChI is InChI=1S/C23H30ClF3N4O2/c1-14(2)33-18-6-5-17(28-15(18)3)21(32)30-9-7-22(8-10-30)20-16(24)13-19(23(25,26)27)31(20)12-11-29(22)4/h5-6,14,19H,7-13H2,1-4H3. The van der Waals surface area contributed by atoms with Crippen LogP contribution in [-0.4, -0.2) is 82.7 Å². The maximum Gasteiger partial charge on any atom is 0.409 e. The quantitative estimate of drug-likeness (QED) is 0.641. The molecule has 0 radical (unpaired) electrons. The van der Waals surface area contributed by atoms with Gasteiger partial charge in [-0.1, -0.05) is 11.6 Å². The van der Waals surface area contributed by atoms with Crippen LogP contribution < -0.4 is 4.74 Å². The third-order valence-electron chi connectivity index (χ3n) is 7.02. The SMILES string of the molecule is Cc1nc(C(=O)N2CCC3(CC2)C2=C(Cl)CC(C(F)(F)F)N2CCN3C)ccc1OC(C)C. The zero-order valence-corrected chi connectivity index (χ0v) is 20.1. The average molecular weight is 487 g/mol. The lowest BCUT2D eigenvalue weighted by molar-refractivity contribution is -0.180. The number of aromatic nitrogens is 1. The molecule has 0 saturated carbocycles. The van der Waals surface area contributed by atoms with Gasteiger partial charge >= 0.3 is 6.18 Å². The van der Waals surface area contributed by atoms with Crippen molar-refractivity contribution in [3.8, 4) is 5.75 Å². The van der Waals surface area contributed by atoms with E-state index in [9.17, 15) is 18.0 Å². The molecule has 1 unspecified atom stereocenters. The van der Waals surface area contributed by atoms with Gasteiger partial charge in [-0.25, -0.2) is 4.98 Å². The highest BCUT2D eigenvalue weighted by molar-refractivity contribution is 6.30. The summed E-state index contributed by atoms with van der Waals surface area (Å²) in [5.41, 5.74) is 0.987. The first kappa shape index (κ1) is 24.1. The molecule has 3 aliphatic heterocycles. The Morgan fingerprint density at radius 1 is 1.21 bits per heavy atom. The minimum atomic E-state index is -4.33. The molecule has 1 amide bonds. The Balaban J connectivity index is 1.51. The van der Waals surface area contributed by atoms with Gasteiger partial charge in [-0.15, -0.1) is 0 Å². The summed E-state index contributed by atoms with van der Waals surface area (Å²) >= 11 is 6.45. The van der Waals surface area contributed by atoms with Crippen LogP contribution in [0.15, 0.2) is 22.9 Å². The summed E-state index contributed by atoms with van der Waals surface area (Å²) in [5, 5.41) is 0.293. The molecule has 33 heavy (non-hydrogen) atoms. The van der Waals surface area contributed by atoms with Crippen molar-refractivity contribution in [1.29, 1.82) is 0 Å². The number of hydrogen-bond donors (Lipinski definition) is 0. The number of alkyl halides is 3. The number of aryl methyl sites for hydroxylation is 1. The summed E-state index contributed by atoms with van der Waals surface area (Å²) in [7, 11) is 1.94. The second-order valence-corrected chi connectivity index (χ2v) is 9.86. The van der Waals surface area contributed by atoms with Gasteiger partial charge in [-0.2, -0.15) is 13.2 Å². The average Bonchev–Trinajstić information content (AvgIpc) is 3.10. The molecule has 2 fully saturated rings. The number of nitrogens with zero attached hydrogens (tertiary/aromatic N) is 4. The Morgan fingerprint density at radius 3 is 2.45 bits per heavy atom. The van der Waals surface area contributed by atoms with Crippen molar-refractivity contribution in [1.82, 2.24) is 19.7 Å². The minimum Gasteiger partial charge on any atom is -0.489 e. The van der Waals surface area contributed by atoms with E-state index in [1.54, 1.807) is 24.0 Å². The zero-order chi connectivity index (χ0) is 24.1. The summed E-state index contributed by atoms with van der Waals surface area (Å²) in [6.45, 7) is 7.31. The fraction of sp³-hybridized carbons (Fsp3) is 0.652. The van der Waals surface area contributed by atoms with Gasteiger partial charge in [-0.05, 0) is 52.8 Å². The van der Waals surface area contributed by atoms with Gasteiger partial charge in [0.15, 0.2) is 0 Å². The lowest BCUT2D eigenvalue weighted by Gasteiger charge is -2.55. The van der Waals surface area contributed by atoms with E-state index in [-0.39, 0.29) is 18.4 Å². The maximum atomic E-state index is 13.6. The first-order valence-corrected chi connectivity index (χ1v) is 11.7. The number of carbonyl (C=O) groups excluding carboxylic acids is 1. The Bertz CT molecular complexity index is 958. The van der Waals surface area contributed by atoms with E-state index >= 15 is 0 Å². The van der Waals surface area contributed by atoms with Gasteiger partial charge in [-0.3, -0.25) is 9.69 Å². The van der Waals surface area contributed by atoms with Crippen molar-refractivity contribution in [3.63, 3.8) is 0 Å². The molecular weight excluding hydrogens is 457 g/mol. The Labute approximate surface area is 197 Å². The number of fused-ring (bicyclic) bond motifs is 2. The summed E-state index contributed by atoms with van der Waals surface area (Å²) < 4.78 is 46.6. The van der Waals surface area contributed by atoms with Crippen LogP contribution in [0.3, 0.4) is 0 Å². The zero-order valence-electron chi connectivity index (χ0n) is 19.4. The molecule has 10 heteroatoms. The molecule has 3 aliphatic rings. The highest BCUT2D eigenvalue weighted by atomic mass is 35.5. The summed E-state index contributed by atoms with van der Waals surface area (Å²) in [5.74, 6) is 0.462. The van der Waals surface area contributed by atoms with Crippen molar-refractivity contribution < 1.29 is 22.7 Å². The smallest absolute Gasteiger partial charge is 0.409 e. The summed E-state index contributed by atoms with van der Waals surface area (Å²) in [6.07, 6.45) is -3.48. The number of ether oxygens (including phenoxy) is 1. The molecule has 182 valence electrons. The highest BCUT2D eigenvalue weighted by Gasteiger charge is 2.57. The second-order valence-electron chi connectivity index (χ2n) is 9.40. The number of amides is 1. The molecule has 1 atom stereocenters. The van der Waals surface area contributed by atoms with Crippen LogP contribution in [-0.2, 0) is 0 Å². The Morgan fingerprint density at radius 2 is 1.88 bits per heavy atom. The van der Waals surface area contributed by atoms with Crippen LogP contribution in [0.5, 0.6) is 5.75 Å². The molecule has 0 aliphatic carbocycles. The molecule has 4 heterocycles. The first-order valence-electron chi connectivity index (χ1n) is 11.3. The van der Waals surface area contributed by atoms with Crippen molar-refractivity contribution in [2.45, 2.75) is 63.9 Å². The molecule has 2 saturated heterocycles. The molecule has 1 spiro atoms. The van der Waals surface area contributed by atoms with E-state index in [4.69, 9.17) is 16.3 Å². The number of pyridine rings is 1. The lowest BCUT2D eigenvalue weighted by Crippen LogP contribution is -2.64. The second kappa shape index (κ2) is 8.65. The third-order valence-corrected chi connectivity index (χ3v) is 7.35. The predicted molar refractivity (Wildman–Crippen MR) is 119 cm³/mol. The van der Waals surface area contributed by atoms with E-state index in [1.165, 1.54) is 4.90 Å². The molecule has 6 nitrogen and oxygen atoms in total. The van der Waals surface area contributed by atoms with E-state index < -0.39 is 17.8 Å². The van der Waals surface area contributed by atoms with Gasteiger partial charge in [0.1, 0.15) is 17.5 Å². The summed E-state index contributed by atoms with van der Waals surface area (Å²) in [6, 6.07) is 1.86. The number of halogens is 4. The highest BCUT2D eigenvalue weighted by Crippen LogP contribution is 2.50. The normalized spacial score (nSPS) is 23.5. The molecule has 1 aromatic rings. The molecular formula is C23H30ClF3N4O2. The van der Waals surface area contributed by atoms with Gasteiger partial charge < -0.3 is 14.5 Å². The van der Waals surface area contributed by atoms with Crippen molar-refractivity contribution >= 4 is 17.5 Å². The molecule has 0 N–H and O–H groups in total. The fourth-order valence-corrected chi connectivity index (χ4v) is 5.76. The van der Waals surface area contributed by atoms with Crippen LogP contribution >= 0.6 is 11.6 Å². The van der Waals surface area contributed by atoms with Crippen LogP contribution in [0.25, 0.3) is 0 Å². The Kier molecular flexibility index (Phi) is 6.33. The van der Waals surface area contributed by atoms with Gasteiger partial charge in [0.2, 0.25) is 0 Å². The van der Waals surface area contributed by atoms with Crippen molar-refractivity contribution in [2.75, 3.05) is 33.2 Å². The van der Waals surface area contributed by atoms with E-state index in [2.05, 4.69) is 9.88 Å². The van der Waals surface area contributed by atoms with Crippen LogP contribution in [0.4, 0.5) is 13.2 Å². The molecule has 1 aromatic heterocycles. The Hall–Kier alpha value is -2.00. The van der Waals surface area contributed by atoms with E-state index in [0.29, 0.717) is 66.9 Å². The van der Waals surface area contributed by atoms with Gasteiger partial charge in [0.05, 0.1) is 17.3 Å². The fourth-order valence-electron chi connectivity index (χ4n) is 5.33. The van der Waals surface area contributed by atoms with Gasteiger partial charge in [0, 0.05) is 43.3 Å². The largest absolute Gasteiger partial charge is 0.489 e. The topological polar surface area (TPSA) is 48.9 Å². The van der Waals surface area contributed by atoms with E-state index in [0.717, 1.165) is 0 Å². The monoisotopic (exact) mass is 486 g/mol. The van der Waals surface area contributed by atoms with Crippen molar-refractivity contribution in [3.05, 3.63) is 34.2 Å².